The molecule has 0 heterocycles. The van der Waals surface area contributed by atoms with E-state index in [1.165, 1.54) is 19.8 Å². The normalized spacial score (nSPS) is 31.5. The van der Waals surface area contributed by atoms with Crippen LogP contribution in [-0.2, 0) is 4.79 Å². The Balaban J connectivity index is 2.35. The highest BCUT2D eigenvalue weighted by Crippen LogP contribution is 2.22. The molecular formula is C8H14ClNO. The summed E-state index contributed by atoms with van der Waals surface area (Å²) in [7, 11) is 0. The number of halogens is 1. The van der Waals surface area contributed by atoms with Crippen molar-refractivity contribution in [2.45, 2.75) is 44.0 Å². The standard InChI is InChI=1S/C8H14ClNO/c1-6(11)10-8-5-3-2-4-7(8)9/h7-8H,2-5H2,1H3,(H,10,11). The van der Waals surface area contributed by atoms with Gasteiger partial charge in [-0.2, -0.15) is 0 Å². The molecule has 0 radical (unpaired) electrons. The molecule has 2 atom stereocenters. The number of carbonyl (C=O) groups is 1. The van der Waals surface area contributed by atoms with Crippen molar-refractivity contribution < 1.29 is 4.79 Å². The van der Waals surface area contributed by atoms with E-state index in [-0.39, 0.29) is 17.3 Å². The first-order valence-electron chi connectivity index (χ1n) is 4.11. The highest BCUT2D eigenvalue weighted by atomic mass is 35.5. The van der Waals surface area contributed by atoms with Gasteiger partial charge >= 0.3 is 0 Å². The van der Waals surface area contributed by atoms with Crippen molar-refractivity contribution in [1.29, 1.82) is 0 Å². The van der Waals surface area contributed by atoms with Crippen molar-refractivity contribution in [3.63, 3.8) is 0 Å². The first-order chi connectivity index (χ1) is 5.20. The molecule has 2 nitrogen and oxygen atoms in total. The van der Waals surface area contributed by atoms with Crippen LogP contribution in [0.1, 0.15) is 32.6 Å². The van der Waals surface area contributed by atoms with Gasteiger partial charge in [0.25, 0.3) is 0 Å². The molecule has 0 aliphatic heterocycles. The molecule has 0 spiro atoms. The maximum absolute atomic E-state index is 10.7. The Labute approximate surface area is 72.3 Å². The summed E-state index contributed by atoms with van der Waals surface area (Å²) >= 11 is 6.01. The predicted molar refractivity (Wildman–Crippen MR) is 45.7 cm³/mol. The topological polar surface area (TPSA) is 29.1 Å². The van der Waals surface area contributed by atoms with E-state index >= 15 is 0 Å². The largest absolute Gasteiger partial charge is 0.352 e. The molecule has 11 heavy (non-hydrogen) atoms. The smallest absolute Gasteiger partial charge is 0.217 e. The molecule has 1 saturated carbocycles. The van der Waals surface area contributed by atoms with Gasteiger partial charge in [0.15, 0.2) is 0 Å². The van der Waals surface area contributed by atoms with Gasteiger partial charge in [-0.25, -0.2) is 0 Å². The third kappa shape index (κ3) is 2.70. The Morgan fingerprint density at radius 2 is 2.09 bits per heavy atom. The monoisotopic (exact) mass is 175 g/mol. The van der Waals surface area contributed by atoms with Crippen molar-refractivity contribution in [3.8, 4) is 0 Å². The molecule has 0 aromatic rings. The maximum Gasteiger partial charge on any atom is 0.217 e. The van der Waals surface area contributed by atoms with Crippen LogP contribution in [0, 0.1) is 0 Å². The Hall–Kier alpha value is -0.240. The van der Waals surface area contributed by atoms with Crippen LogP contribution in [0.15, 0.2) is 0 Å². The summed E-state index contributed by atoms with van der Waals surface area (Å²) in [4.78, 5) is 10.7. The Morgan fingerprint density at radius 1 is 1.45 bits per heavy atom. The van der Waals surface area contributed by atoms with Crippen LogP contribution in [0.4, 0.5) is 0 Å². The second kappa shape index (κ2) is 3.96. The van der Waals surface area contributed by atoms with E-state index in [0.717, 1.165) is 12.8 Å². The Bertz CT molecular complexity index is 149. The molecule has 2 unspecified atom stereocenters. The highest BCUT2D eigenvalue weighted by Gasteiger charge is 2.23. The number of nitrogens with one attached hydrogen (secondary N) is 1. The van der Waals surface area contributed by atoms with Crippen LogP contribution >= 0.6 is 11.6 Å². The minimum atomic E-state index is 0.0301. The lowest BCUT2D eigenvalue weighted by atomic mass is 9.95. The number of carbonyl (C=O) groups excluding carboxylic acids is 1. The van der Waals surface area contributed by atoms with Gasteiger partial charge in [-0.15, -0.1) is 11.6 Å². The molecular weight excluding hydrogens is 162 g/mol. The molecule has 1 N–H and O–H groups in total. The molecule has 64 valence electrons. The van der Waals surface area contributed by atoms with Crippen molar-refractivity contribution in [2.24, 2.45) is 0 Å². The molecule has 1 aliphatic rings. The fourth-order valence-electron chi connectivity index (χ4n) is 1.51. The van der Waals surface area contributed by atoms with Gasteiger partial charge in [-0.1, -0.05) is 12.8 Å². The van der Waals surface area contributed by atoms with Gasteiger partial charge in [-0.05, 0) is 12.8 Å². The van der Waals surface area contributed by atoms with Crippen LogP contribution in [0.5, 0.6) is 0 Å². The van der Waals surface area contributed by atoms with Gasteiger partial charge in [0, 0.05) is 13.0 Å². The number of rotatable bonds is 1. The maximum atomic E-state index is 10.7. The zero-order valence-corrected chi connectivity index (χ0v) is 7.53. The van der Waals surface area contributed by atoms with Gasteiger partial charge in [-0.3, -0.25) is 4.79 Å². The predicted octanol–water partition coefficient (Wildman–Crippen LogP) is 1.67. The van der Waals surface area contributed by atoms with Crippen molar-refractivity contribution >= 4 is 17.5 Å². The number of hydrogen-bond acceptors (Lipinski definition) is 1. The second-order valence-electron chi connectivity index (χ2n) is 3.11. The van der Waals surface area contributed by atoms with Crippen molar-refractivity contribution in [1.82, 2.24) is 5.32 Å². The summed E-state index contributed by atoms with van der Waals surface area (Å²) in [6, 6.07) is 0.211. The van der Waals surface area contributed by atoms with Gasteiger partial charge < -0.3 is 5.32 Å². The SMILES string of the molecule is CC(=O)NC1CCCCC1Cl. The van der Waals surface area contributed by atoms with Crippen LogP contribution in [0.25, 0.3) is 0 Å². The Kier molecular flexibility index (Phi) is 3.18. The van der Waals surface area contributed by atoms with E-state index < -0.39 is 0 Å². The summed E-state index contributed by atoms with van der Waals surface area (Å²) in [6.45, 7) is 1.54. The summed E-state index contributed by atoms with van der Waals surface area (Å²) in [6.07, 6.45) is 4.46. The summed E-state index contributed by atoms with van der Waals surface area (Å²) in [5.41, 5.74) is 0. The molecule has 3 heteroatoms. The fourth-order valence-corrected chi connectivity index (χ4v) is 1.85. The van der Waals surface area contributed by atoms with Crippen molar-refractivity contribution in [3.05, 3.63) is 0 Å². The van der Waals surface area contributed by atoms with Crippen LogP contribution in [0.2, 0.25) is 0 Å². The lowest BCUT2D eigenvalue weighted by Crippen LogP contribution is -2.41. The van der Waals surface area contributed by atoms with Gasteiger partial charge in [0.1, 0.15) is 0 Å². The molecule has 0 bridgehead atoms. The van der Waals surface area contributed by atoms with Gasteiger partial charge in [0.2, 0.25) is 5.91 Å². The molecule has 1 amide bonds. The average Bonchev–Trinajstić information content (AvgIpc) is 1.93. The summed E-state index contributed by atoms with van der Waals surface area (Å²) < 4.78 is 0. The Morgan fingerprint density at radius 3 is 2.64 bits per heavy atom. The summed E-state index contributed by atoms with van der Waals surface area (Å²) in [5, 5.41) is 3.01. The molecule has 0 saturated heterocycles. The van der Waals surface area contributed by atoms with Crippen LogP contribution in [-0.4, -0.2) is 17.3 Å². The highest BCUT2D eigenvalue weighted by molar-refractivity contribution is 6.21. The molecule has 1 rings (SSSR count). The van der Waals surface area contributed by atoms with E-state index in [4.69, 9.17) is 11.6 Å². The first-order valence-corrected chi connectivity index (χ1v) is 4.55. The zero-order valence-electron chi connectivity index (χ0n) is 6.77. The van der Waals surface area contributed by atoms with E-state index in [9.17, 15) is 4.79 Å². The number of hydrogen-bond donors (Lipinski definition) is 1. The van der Waals surface area contributed by atoms with Crippen molar-refractivity contribution in [2.75, 3.05) is 0 Å². The minimum absolute atomic E-state index is 0.0301. The third-order valence-corrected chi connectivity index (χ3v) is 2.59. The van der Waals surface area contributed by atoms with Gasteiger partial charge in [0.05, 0.1) is 5.38 Å². The summed E-state index contributed by atoms with van der Waals surface area (Å²) in [5.74, 6) is 0.0301. The number of amides is 1. The average molecular weight is 176 g/mol. The van der Waals surface area contributed by atoms with Crippen LogP contribution < -0.4 is 5.32 Å². The second-order valence-corrected chi connectivity index (χ2v) is 3.67. The third-order valence-electron chi connectivity index (χ3n) is 2.07. The van der Waals surface area contributed by atoms with E-state index in [0.29, 0.717) is 0 Å². The lowest BCUT2D eigenvalue weighted by Gasteiger charge is -2.27. The molecule has 0 aromatic heterocycles. The minimum Gasteiger partial charge on any atom is -0.352 e. The van der Waals surface area contributed by atoms with Crippen LogP contribution in [0.3, 0.4) is 0 Å². The quantitative estimate of drug-likeness (QED) is 0.604. The van der Waals surface area contributed by atoms with E-state index in [2.05, 4.69) is 5.32 Å². The number of alkyl halides is 1. The fraction of sp³-hybridized carbons (Fsp3) is 0.875. The first kappa shape index (κ1) is 8.85. The van der Waals surface area contributed by atoms with E-state index in [1.54, 1.807) is 0 Å². The molecule has 1 aliphatic carbocycles. The van der Waals surface area contributed by atoms with E-state index in [1.807, 2.05) is 0 Å². The molecule has 0 aromatic carbocycles. The zero-order chi connectivity index (χ0) is 8.27. The molecule has 1 fully saturated rings. The lowest BCUT2D eigenvalue weighted by molar-refractivity contribution is -0.119.